The number of hydrogen-bond acceptors (Lipinski definition) is 4. The van der Waals surface area contributed by atoms with Crippen LogP contribution in [0.4, 0.5) is 5.69 Å². The summed E-state index contributed by atoms with van der Waals surface area (Å²) in [5, 5.41) is 4.97. The van der Waals surface area contributed by atoms with Gasteiger partial charge in [0.25, 0.3) is 5.91 Å². The molecule has 2 aromatic carbocycles. The van der Waals surface area contributed by atoms with Gasteiger partial charge in [0.15, 0.2) is 5.01 Å². The van der Waals surface area contributed by atoms with Crippen LogP contribution >= 0.6 is 11.3 Å². The number of anilines is 1. The molecule has 3 rings (SSSR count). The molecule has 0 fully saturated rings. The smallest absolute Gasteiger partial charge is 0.284 e. The number of benzene rings is 2. The van der Waals surface area contributed by atoms with Crippen LogP contribution in [-0.4, -0.2) is 16.8 Å². The molecule has 0 spiro atoms. The number of rotatable bonds is 4. The summed E-state index contributed by atoms with van der Waals surface area (Å²) in [4.78, 5) is 27.6. The molecule has 0 aliphatic heterocycles. The minimum absolute atomic E-state index is 0.288. The van der Waals surface area contributed by atoms with Crippen LogP contribution in [0.15, 0.2) is 60.0 Å². The van der Waals surface area contributed by atoms with Crippen LogP contribution in [0.25, 0.3) is 11.3 Å². The van der Waals surface area contributed by atoms with E-state index in [4.69, 9.17) is 5.73 Å². The van der Waals surface area contributed by atoms with Crippen molar-refractivity contribution in [1.29, 1.82) is 0 Å². The van der Waals surface area contributed by atoms with Crippen molar-refractivity contribution in [2.24, 2.45) is 5.73 Å². The summed E-state index contributed by atoms with van der Waals surface area (Å²) in [7, 11) is 0. The standard InChI is InChI=1S/C17H13N3O2S/c18-15(21)12-6-8-13(9-7-12)19-16(22)17-20-14(10-23-17)11-4-2-1-3-5-11/h1-10H,(H2,18,21)(H,19,22). The van der Waals surface area contributed by atoms with Gasteiger partial charge in [-0.15, -0.1) is 11.3 Å². The highest BCUT2D eigenvalue weighted by Gasteiger charge is 2.12. The van der Waals surface area contributed by atoms with Crippen molar-refractivity contribution in [1.82, 2.24) is 4.98 Å². The summed E-state index contributed by atoms with van der Waals surface area (Å²) in [6, 6.07) is 16.1. The van der Waals surface area contributed by atoms with Crippen LogP contribution in [0.1, 0.15) is 20.2 Å². The van der Waals surface area contributed by atoms with Crippen LogP contribution in [0.2, 0.25) is 0 Å². The number of nitrogens with one attached hydrogen (secondary N) is 1. The summed E-state index contributed by atoms with van der Waals surface area (Å²) in [5.41, 5.74) is 7.89. The lowest BCUT2D eigenvalue weighted by Gasteiger charge is -2.03. The topological polar surface area (TPSA) is 85.1 Å². The van der Waals surface area contributed by atoms with Crippen LogP contribution in [0.5, 0.6) is 0 Å². The van der Waals surface area contributed by atoms with Gasteiger partial charge in [0, 0.05) is 22.2 Å². The quantitative estimate of drug-likeness (QED) is 0.773. The van der Waals surface area contributed by atoms with Gasteiger partial charge < -0.3 is 11.1 Å². The molecule has 0 saturated carbocycles. The number of thiazole rings is 1. The molecule has 5 nitrogen and oxygen atoms in total. The van der Waals surface area contributed by atoms with Crippen LogP contribution in [0.3, 0.4) is 0 Å². The Labute approximate surface area is 136 Å². The number of carbonyl (C=O) groups is 2. The van der Waals surface area contributed by atoms with E-state index in [0.29, 0.717) is 16.3 Å². The molecule has 3 N–H and O–H groups in total. The molecule has 0 bridgehead atoms. The molecular weight excluding hydrogens is 310 g/mol. The van der Waals surface area contributed by atoms with Crippen LogP contribution in [0, 0.1) is 0 Å². The molecule has 0 saturated heterocycles. The van der Waals surface area contributed by atoms with E-state index < -0.39 is 5.91 Å². The highest BCUT2D eigenvalue weighted by Crippen LogP contribution is 2.22. The maximum absolute atomic E-state index is 12.2. The monoisotopic (exact) mass is 323 g/mol. The average molecular weight is 323 g/mol. The Hall–Kier alpha value is -2.99. The number of carbonyl (C=O) groups excluding carboxylic acids is 2. The minimum Gasteiger partial charge on any atom is -0.366 e. The van der Waals surface area contributed by atoms with Crippen molar-refractivity contribution in [3.05, 3.63) is 70.5 Å². The largest absolute Gasteiger partial charge is 0.366 e. The number of nitrogens with zero attached hydrogens (tertiary/aromatic N) is 1. The van der Waals surface area contributed by atoms with E-state index in [2.05, 4.69) is 10.3 Å². The van der Waals surface area contributed by atoms with Gasteiger partial charge in [-0.25, -0.2) is 4.98 Å². The predicted octanol–water partition coefficient (Wildman–Crippen LogP) is 3.16. The molecular formula is C17H13N3O2S. The molecule has 0 radical (unpaired) electrons. The molecule has 0 aliphatic carbocycles. The van der Waals surface area contributed by atoms with E-state index in [9.17, 15) is 9.59 Å². The van der Waals surface area contributed by atoms with Gasteiger partial charge >= 0.3 is 0 Å². The molecule has 23 heavy (non-hydrogen) atoms. The fraction of sp³-hybridized carbons (Fsp3) is 0. The van der Waals surface area contributed by atoms with Crippen molar-refractivity contribution >= 4 is 28.8 Å². The Balaban J connectivity index is 1.74. The van der Waals surface area contributed by atoms with Crippen LogP contribution in [-0.2, 0) is 0 Å². The Kier molecular flexibility index (Phi) is 4.16. The first-order valence-corrected chi connectivity index (χ1v) is 7.73. The van der Waals surface area contributed by atoms with Gasteiger partial charge in [0.1, 0.15) is 0 Å². The fourth-order valence-corrected chi connectivity index (χ4v) is 2.74. The second kappa shape index (κ2) is 6.41. The zero-order chi connectivity index (χ0) is 16.2. The molecule has 3 aromatic rings. The molecule has 114 valence electrons. The first kappa shape index (κ1) is 14.9. The zero-order valence-electron chi connectivity index (χ0n) is 12.0. The van der Waals surface area contributed by atoms with Crippen LogP contribution < -0.4 is 11.1 Å². The second-order valence-corrected chi connectivity index (χ2v) is 5.66. The SMILES string of the molecule is NC(=O)c1ccc(NC(=O)c2nc(-c3ccccc3)cs2)cc1. The third-order valence-corrected chi connectivity index (χ3v) is 4.04. The minimum atomic E-state index is -0.504. The Bertz CT molecular complexity index is 842. The van der Waals surface area contributed by atoms with E-state index in [1.54, 1.807) is 24.3 Å². The lowest BCUT2D eigenvalue weighted by atomic mass is 10.2. The number of aromatic nitrogens is 1. The number of primary amides is 1. The van der Waals surface area contributed by atoms with E-state index in [0.717, 1.165) is 11.3 Å². The fourth-order valence-electron chi connectivity index (χ4n) is 2.02. The van der Waals surface area contributed by atoms with Gasteiger partial charge in [0.05, 0.1) is 5.69 Å². The normalized spacial score (nSPS) is 10.3. The van der Waals surface area contributed by atoms with E-state index in [-0.39, 0.29) is 5.91 Å². The summed E-state index contributed by atoms with van der Waals surface area (Å²) in [5.74, 6) is -0.792. The van der Waals surface area contributed by atoms with Crippen molar-refractivity contribution in [3.63, 3.8) is 0 Å². The third-order valence-electron chi connectivity index (χ3n) is 3.20. The predicted molar refractivity (Wildman–Crippen MR) is 90.5 cm³/mol. The molecule has 0 aliphatic rings. The Morgan fingerprint density at radius 3 is 2.35 bits per heavy atom. The molecule has 1 heterocycles. The third kappa shape index (κ3) is 3.44. The van der Waals surface area contributed by atoms with Gasteiger partial charge in [-0.2, -0.15) is 0 Å². The van der Waals surface area contributed by atoms with Gasteiger partial charge in [-0.05, 0) is 24.3 Å². The first-order valence-electron chi connectivity index (χ1n) is 6.85. The van der Waals surface area contributed by atoms with Crippen molar-refractivity contribution < 1.29 is 9.59 Å². The summed E-state index contributed by atoms with van der Waals surface area (Å²) < 4.78 is 0. The summed E-state index contributed by atoms with van der Waals surface area (Å²) >= 11 is 1.28. The Morgan fingerprint density at radius 1 is 1.00 bits per heavy atom. The first-order chi connectivity index (χ1) is 11.1. The van der Waals surface area contributed by atoms with Gasteiger partial charge in [0.2, 0.25) is 5.91 Å². The Morgan fingerprint density at radius 2 is 1.70 bits per heavy atom. The molecule has 2 amide bonds. The van der Waals surface area contributed by atoms with Gasteiger partial charge in [-0.3, -0.25) is 9.59 Å². The maximum Gasteiger partial charge on any atom is 0.284 e. The summed E-state index contributed by atoms with van der Waals surface area (Å²) in [6.07, 6.45) is 0. The van der Waals surface area contributed by atoms with E-state index >= 15 is 0 Å². The highest BCUT2D eigenvalue weighted by atomic mass is 32.1. The molecule has 0 unspecified atom stereocenters. The molecule has 0 atom stereocenters. The lowest BCUT2D eigenvalue weighted by molar-refractivity contribution is 0.0998. The van der Waals surface area contributed by atoms with E-state index in [1.165, 1.54) is 11.3 Å². The van der Waals surface area contributed by atoms with Crippen molar-refractivity contribution in [2.45, 2.75) is 0 Å². The van der Waals surface area contributed by atoms with Crippen molar-refractivity contribution in [2.75, 3.05) is 5.32 Å². The lowest BCUT2D eigenvalue weighted by Crippen LogP contribution is -2.13. The number of nitrogens with two attached hydrogens (primary N) is 1. The number of amides is 2. The van der Waals surface area contributed by atoms with E-state index in [1.807, 2.05) is 35.7 Å². The number of hydrogen-bond donors (Lipinski definition) is 2. The molecule has 6 heteroatoms. The van der Waals surface area contributed by atoms with Crippen molar-refractivity contribution in [3.8, 4) is 11.3 Å². The maximum atomic E-state index is 12.2. The van der Waals surface area contributed by atoms with Gasteiger partial charge in [-0.1, -0.05) is 30.3 Å². The average Bonchev–Trinajstić information content (AvgIpc) is 3.06. The summed E-state index contributed by atoms with van der Waals surface area (Å²) in [6.45, 7) is 0. The molecule has 1 aromatic heterocycles. The highest BCUT2D eigenvalue weighted by molar-refractivity contribution is 7.12. The second-order valence-electron chi connectivity index (χ2n) is 4.80. The zero-order valence-corrected chi connectivity index (χ0v) is 12.8.